The molecule has 0 radical (unpaired) electrons. The minimum Gasteiger partial charge on any atom is -0.254 e. The van der Waals surface area contributed by atoms with Crippen LogP contribution < -0.4 is 0 Å². The molecular formula is C7HBrO4. The Morgan fingerprint density at radius 2 is 1.92 bits per heavy atom. The minimum atomic E-state index is -1.04. The lowest BCUT2D eigenvalue weighted by Gasteiger charge is -1.84. The van der Waals surface area contributed by atoms with Crippen LogP contribution in [0.15, 0.2) is 0 Å². The van der Waals surface area contributed by atoms with Gasteiger partial charge in [-0.25, -0.2) is 10.1 Å². The van der Waals surface area contributed by atoms with Crippen molar-refractivity contribution in [1.82, 2.24) is 0 Å². The van der Waals surface area contributed by atoms with Crippen LogP contribution in [0.5, 0.6) is 0 Å². The Bertz CT molecular complexity index is 328. The molecule has 0 fully saturated rings. The van der Waals surface area contributed by atoms with Gasteiger partial charge in [-0.2, -0.15) is 0 Å². The molecule has 0 spiro atoms. The third kappa shape index (κ3) is 6.67. The third-order valence-electron chi connectivity index (χ3n) is 0.512. The molecule has 0 aromatic heterocycles. The topological polar surface area (TPSA) is 55.8 Å². The lowest BCUT2D eigenvalue weighted by atomic mass is 10.5. The van der Waals surface area contributed by atoms with Crippen LogP contribution in [-0.2, 0) is 14.7 Å². The van der Waals surface area contributed by atoms with Gasteiger partial charge in [0.05, 0.1) is 0 Å². The summed E-state index contributed by atoms with van der Waals surface area (Å²) in [5.41, 5.74) is 0. The third-order valence-corrected chi connectivity index (χ3v) is 0.711. The molecule has 0 aromatic carbocycles. The fourth-order valence-electron chi connectivity index (χ4n) is 0.223. The van der Waals surface area contributed by atoms with E-state index in [1.165, 1.54) is 0 Å². The van der Waals surface area contributed by atoms with E-state index >= 15 is 0 Å². The molecule has 0 aliphatic rings. The number of hydrogen-bond acceptors (Lipinski definition) is 4. The summed E-state index contributed by atoms with van der Waals surface area (Å²) in [7, 11) is 0. The van der Waals surface area contributed by atoms with Crippen molar-refractivity contribution in [3.8, 4) is 34.4 Å². The minimum absolute atomic E-state index is 1.04. The van der Waals surface area contributed by atoms with E-state index in [9.17, 15) is 4.79 Å². The first-order valence-corrected chi connectivity index (χ1v) is 3.24. The molecule has 0 saturated heterocycles. The van der Waals surface area contributed by atoms with Crippen molar-refractivity contribution in [1.29, 1.82) is 0 Å². The predicted octanol–water partition coefficient (Wildman–Crippen LogP) is 0.297. The fourth-order valence-corrected chi connectivity index (χ4v) is 0.322. The second-order valence-corrected chi connectivity index (χ2v) is 1.56. The Kier molecular flexibility index (Phi) is 6.73. The Morgan fingerprint density at radius 1 is 1.25 bits per heavy atom. The summed E-state index contributed by atoms with van der Waals surface area (Å²) in [6.07, 6.45) is 0. The lowest BCUT2D eigenvalue weighted by Crippen LogP contribution is -1.98. The van der Waals surface area contributed by atoms with Crippen LogP contribution in [0.25, 0.3) is 0 Å². The molecule has 0 aliphatic carbocycles. The highest BCUT2D eigenvalue weighted by atomic mass is 79.9. The average Bonchev–Trinajstić information content (AvgIpc) is 2.05. The van der Waals surface area contributed by atoms with E-state index in [0.717, 1.165) is 0 Å². The molecule has 0 amide bonds. The van der Waals surface area contributed by atoms with E-state index in [1.807, 2.05) is 5.92 Å². The molecule has 0 heterocycles. The van der Waals surface area contributed by atoms with Gasteiger partial charge in [-0.1, -0.05) is 0 Å². The number of carbonyl (C=O) groups excluding carboxylic acids is 1. The molecule has 0 aliphatic heterocycles. The zero-order chi connectivity index (χ0) is 9.23. The molecule has 1 N–H and O–H groups in total. The molecule has 0 bridgehead atoms. The van der Waals surface area contributed by atoms with Gasteiger partial charge in [0.2, 0.25) is 0 Å². The van der Waals surface area contributed by atoms with E-state index in [4.69, 9.17) is 5.26 Å². The SMILES string of the molecule is O=C(C#CC#CC#CBr)OOO. The number of carbonyl (C=O) groups is 1. The zero-order valence-corrected chi connectivity index (χ0v) is 7.14. The van der Waals surface area contributed by atoms with Gasteiger partial charge in [-0.3, -0.25) is 4.89 Å². The summed E-state index contributed by atoms with van der Waals surface area (Å²) in [4.78, 5) is 16.2. The van der Waals surface area contributed by atoms with Crippen molar-refractivity contribution in [3.05, 3.63) is 0 Å². The largest absolute Gasteiger partial charge is 0.420 e. The Balaban J connectivity index is 3.96. The van der Waals surface area contributed by atoms with Crippen LogP contribution in [-0.4, -0.2) is 11.2 Å². The molecule has 4 nitrogen and oxygen atoms in total. The van der Waals surface area contributed by atoms with E-state index in [1.54, 1.807) is 0 Å². The molecular weight excluding hydrogens is 228 g/mol. The highest BCUT2D eigenvalue weighted by molar-refractivity contribution is 9.12. The van der Waals surface area contributed by atoms with Crippen molar-refractivity contribution in [2.24, 2.45) is 0 Å². The molecule has 5 heteroatoms. The average molecular weight is 229 g/mol. The maximum atomic E-state index is 10.3. The number of hydrogen-bond donors (Lipinski definition) is 1. The van der Waals surface area contributed by atoms with Crippen molar-refractivity contribution >= 4 is 21.9 Å². The van der Waals surface area contributed by atoms with E-state index in [-0.39, 0.29) is 0 Å². The van der Waals surface area contributed by atoms with Crippen LogP contribution in [0.3, 0.4) is 0 Å². The smallest absolute Gasteiger partial charge is 0.254 e. The van der Waals surface area contributed by atoms with Crippen molar-refractivity contribution < 1.29 is 20.0 Å². The zero-order valence-electron chi connectivity index (χ0n) is 5.55. The molecule has 0 unspecified atom stereocenters. The van der Waals surface area contributed by atoms with Gasteiger partial charge in [0.1, 0.15) is 0 Å². The van der Waals surface area contributed by atoms with Gasteiger partial charge < -0.3 is 0 Å². The monoisotopic (exact) mass is 228 g/mol. The maximum absolute atomic E-state index is 10.3. The van der Waals surface area contributed by atoms with Gasteiger partial charge in [0, 0.05) is 21.9 Å². The van der Waals surface area contributed by atoms with Crippen LogP contribution in [0, 0.1) is 34.4 Å². The van der Waals surface area contributed by atoms with Gasteiger partial charge in [0.25, 0.3) is 0 Å². The van der Waals surface area contributed by atoms with Crippen LogP contribution in [0.4, 0.5) is 0 Å². The molecule has 0 saturated carbocycles. The number of halogens is 1. The summed E-state index contributed by atoms with van der Waals surface area (Å²) in [6, 6.07) is 0. The standard InChI is InChI=1S/C7HBrO4/c8-6-4-2-1-3-5-7(9)11-12-10/h10H. The Morgan fingerprint density at radius 3 is 2.50 bits per heavy atom. The first-order chi connectivity index (χ1) is 5.81. The highest BCUT2D eigenvalue weighted by Crippen LogP contribution is 1.72. The molecule has 60 valence electrons. The van der Waals surface area contributed by atoms with Crippen LogP contribution >= 0.6 is 15.9 Å². The maximum Gasteiger partial charge on any atom is 0.420 e. The van der Waals surface area contributed by atoms with Gasteiger partial charge in [0.15, 0.2) is 0 Å². The fraction of sp³-hybridized carbons (Fsp3) is 0. The van der Waals surface area contributed by atoms with Crippen molar-refractivity contribution in [2.45, 2.75) is 0 Å². The van der Waals surface area contributed by atoms with Crippen LogP contribution in [0.2, 0.25) is 0 Å². The van der Waals surface area contributed by atoms with Crippen molar-refractivity contribution in [3.63, 3.8) is 0 Å². The first kappa shape index (κ1) is 10.6. The first-order valence-electron chi connectivity index (χ1n) is 2.45. The van der Waals surface area contributed by atoms with E-state index < -0.39 is 5.97 Å². The summed E-state index contributed by atoms with van der Waals surface area (Å²) < 4.78 is 0. The second-order valence-electron chi connectivity index (χ2n) is 1.16. The Hall–Kier alpha value is -1.45. The summed E-state index contributed by atoms with van der Waals surface area (Å²) in [5, 5.41) is 10.6. The number of rotatable bonds is 1. The second kappa shape index (κ2) is 7.65. The van der Waals surface area contributed by atoms with Gasteiger partial charge in [-0.15, -0.1) is 0 Å². The lowest BCUT2D eigenvalue weighted by molar-refractivity contribution is -0.460. The predicted molar refractivity (Wildman–Crippen MR) is 42.1 cm³/mol. The normalized spacial score (nSPS) is 5.83. The molecule has 0 atom stereocenters. The van der Waals surface area contributed by atoms with Gasteiger partial charge >= 0.3 is 5.97 Å². The Labute approximate surface area is 76.8 Å². The van der Waals surface area contributed by atoms with Crippen LogP contribution in [0.1, 0.15) is 0 Å². The van der Waals surface area contributed by atoms with Crippen molar-refractivity contribution in [2.75, 3.05) is 0 Å². The molecule has 0 rings (SSSR count). The van der Waals surface area contributed by atoms with E-state index in [2.05, 4.69) is 54.4 Å². The summed E-state index contributed by atoms with van der Waals surface area (Å²) in [5.74, 6) is 9.79. The summed E-state index contributed by atoms with van der Waals surface area (Å²) in [6.45, 7) is 0. The molecule has 12 heavy (non-hydrogen) atoms. The quantitative estimate of drug-likeness (QED) is 0.399. The van der Waals surface area contributed by atoms with Gasteiger partial charge in [-0.05, 0) is 33.5 Å². The van der Waals surface area contributed by atoms with E-state index in [0.29, 0.717) is 0 Å². The molecule has 0 aromatic rings. The highest BCUT2D eigenvalue weighted by Gasteiger charge is 1.93. The summed E-state index contributed by atoms with van der Waals surface area (Å²) >= 11 is 2.80.